The number of nitrogens with zero attached hydrogens (tertiary/aromatic N) is 3. The molecular weight excluding hydrogens is 669 g/mol. The Morgan fingerprint density at radius 1 is 0.473 bits per heavy atom. The fraction of sp³-hybridized carbons (Fsp3) is 0. The van der Waals surface area contributed by atoms with Crippen LogP contribution in [0.15, 0.2) is 198 Å². The molecule has 2 aromatic heterocycles. The highest BCUT2D eigenvalue weighted by atomic mass is 16.3. The van der Waals surface area contributed by atoms with Gasteiger partial charge in [0.2, 0.25) is 0 Å². The highest BCUT2D eigenvalue weighted by Crippen LogP contribution is 2.48. The Bertz CT molecular complexity index is 3770. The van der Waals surface area contributed by atoms with Crippen LogP contribution in [-0.4, -0.2) is 11.3 Å². The standard InChI is InChI=1S/C50H32BN3O/c1-4-16-33(17-5-1)34-30-45-48-46(31-34)54(36-20-8-3-9-21-36)49-40-24-12-15-27-47(40)55-50(49)51(48)41-29-28-37(32-44(41)52(45)35-18-6-2-7-19-35)53-42-25-13-10-22-38(42)39-23-11-14-26-43(39)53/h1-32H/i1D,4D,5D,10D,11D,13D,14D,16D,17D,22D,23D,25D,26D. The normalized spacial score (nSPS) is 16.3. The molecule has 55 heavy (non-hydrogen) atoms. The third kappa shape index (κ3) is 4.35. The van der Waals surface area contributed by atoms with E-state index in [9.17, 15) is 5.48 Å². The number of para-hydroxylation sites is 5. The second-order valence-electron chi connectivity index (χ2n) is 13.5. The van der Waals surface area contributed by atoms with E-state index in [1.54, 1.807) is 6.07 Å². The molecule has 0 saturated heterocycles. The van der Waals surface area contributed by atoms with Crippen LogP contribution in [0.4, 0.5) is 34.1 Å². The smallest absolute Gasteiger partial charge is 0.297 e. The van der Waals surface area contributed by atoms with Gasteiger partial charge >= 0.3 is 0 Å². The lowest BCUT2D eigenvalue weighted by Gasteiger charge is -2.43. The van der Waals surface area contributed by atoms with Gasteiger partial charge in [-0.15, -0.1) is 0 Å². The second kappa shape index (κ2) is 11.6. The third-order valence-corrected chi connectivity index (χ3v) is 10.7. The summed E-state index contributed by atoms with van der Waals surface area (Å²) in [6, 6.07) is 30.0. The van der Waals surface area contributed by atoms with Crippen LogP contribution in [-0.2, 0) is 0 Å². The number of fused-ring (bicyclic) bond motifs is 9. The predicted molar refractivity (Wildman–Crippen MR) is 230 cm³/mol. The fourth-order valence-corrected chi connectivity index (χ4v) is 8.47. The minimum absolute atomic E-state index is 0.00330. The molecule has 8 aromatic carbocycles. The quantitative estimate of drug-likeness (QED) is 0.170. The topological polar surface area (TPSA) is 24.6 Å². The van der Waals surface area contributed by atoms with Gasteiger partial charge in [-0.05, 0) is 94.8 Å². The van der Waals surface area contributed by atoms with Crippen molar-refractivity contribution < 1.29 is 22.2 Å². The van der Waals surface area contributed by atoms with Crippen molar-refractivity contribution in [2.75, 3.05) is 9.80 Å². The van der Waals surface area contributed by atoms with Crippen molar-refractivity contribution in [2.45, 2.75) is 0 Å². The molecule has 12 rings (SSSR count). The fourth-order valence-electron chi connectivity index (χ4n) is 8.47. The first-order valence-corrected chi connectivity index (χ1v) is 17.8. The zero-order valence-corrected chi connectivity index (χ0v) is 28.8. The van der Waals surface area contributed by atoms with Crippen LogP contribution in [0.5, 0.6) is 0 Å². The summed E-state index contributed by atoms with van der Waals surface area (Å²) in [6.07, 6.45) is 0. The molecule has 0 aliphatic carbocycles. The first-order valence-electron chi connectivity index (χ1n) is 24.3. The first-order chi connectivity index (χ1) is 32.7. The van der Waals surface area contributed by atoms with Crippen molar-refractivity contribution in [3.05, 3.63) is 194 Å². The molecule has 4 nitrogen and oxygen atoms in total. The molecule has 0 fully saturated rings. The summed E-state index contributed by atoms with van der Waals surface area (Å²) in [6.45, 7) is -0.617. The molecule has 2 aliphatic rings. The molecule has 10 aromatic rings. The van der Waals surface area contributed by atoms with E-state index in [2.05, 4.69) is 4.90 Å². The average molecular weight is 715 g/mol. The Labute approximate surface area is 337 Å². The van der Waals surface area contributed by atoms with Crippen LogP contribution in [0, 0.1) is 0 Å². The van der Waals surface area contributed by atoms with Gasteiger partial charge in [-0.3, -0.25) is 0 Å². The highest BCUT2D eigenvalue weighted by Gasteiger charge is 2.47. The number of rotatable bonds is 4. The molecule has 256 valence electrons. The van der Waals surface area contributed by atoms with Crippen molar-refractivity contribution in [3.8, 4) is 16.8 Å². The van der Waals surface area contributed by atoms with E-state index in [0.29, 0.717) is 45.2 Å². The number of hydrogen-bond donors (Lipinski definition) is 0. The number of aromatic nitrogens is 1. The molecule has 0 spiro atoms. The summed E-state index contributed by atoms with van der Waals surface area (Å²) in [7, 11) is 0. The molecule has 0 unspecified atom stereocenters. The van der Waals surface area contributed by atoms with E-state index in [0.717, 1.165) is 27.7 Å². The molecule has 0 saturated carbocycles. The van der Waals surface area contributed by atoms with Crippen molar-refractivity contribution in [1.82, 2.24) is 4.57 Å². The molecule has 0 radical (unpaired) electrons. The zero-order valence-electron chi connectivity index (χ0n) is 41.8. The zero-order chi connectivity index (χ0) is 47.3. The lowest BCUT2D eigenvalue weighted by molar-refractivity contribution is 0.651. The largest absolute Gasteiger partial charge is 0.468 e. The minimum atomic E-state index is -0.617. The predicted octanol–water partition coefficient (Wildman–Crippen LogP) is 11.3. The molecule has 0 bridgehead atoms. The van der Waals surface area contributed by atoms with E-state index in [1.165, 1.54) is 4.57 Å². The van der Waals surface area contributed by atoms with E-state index in [1.807, 2.05) is 114 Å². The third-order valence-electron chi connectivity index (χ3n) is 10.7. The maximum absolute atomic E-state index is 9.23. The van der Waals surface area contributed by atoms with Crippen LogP contribution in [0.1, 0.15) is 17.8 Å². The van der Waals surface area contributed by atoms with Gasteiger partial charge in [0.15, 0.2) is 0 Å². The van der Waals surface area contributed by atoms with Crippen LogP contribution in [0.3, 0.4) is 0 Å². The Morgan fingerprint density at radius 2 is 1.07 bits per heavy atom. The van der Waals surface area contributed by atoms with Gasteiger partial charge in [-0.25, -0.2) is 0 Å². The number of furan rings is 1. The number of benzene rings is 8. The van der Waals surface area contributed by atoms with Gasteiger partial charge in [-0.1, -0.05) is 121 Å². The maximum atomic E-state index is 9.23. The number of anilines is 6. The van der Waals surface area contributed by atoms with Crippen molar-refractivity contribution in [3.63, 3.8) is 0 Å². The highest BCUT2D eigenvalue weighted by molar-refractivity contribution is 7.00. The van der Waals surface area contributed by atoms with E-state index in [-0.39, 0.29) is 39.5 Å². The average Bonchev–Trinajstić information content (AvgIpc) is 3.93. The van der Waals surface area contributed by atoms with Crippen LogP contribution >= 0.6 is 0 Å². The summed E-state index contributed by atoms with van der Waals surface area (Å²) in [4.78, 5) is 4.10. The van der Waals surface area contributed by atoms with E-state index >= 15 is 0 Å². The van der Waals surface area contributed by atoms with Gasteiger partial charge in [0.05, 0.1) is 40.2 Å². The van der Waals surface area contributed by atoms with Crippen LogP contribution in [0.2, 0.25) is 0 Å². The monoisotopic (exact) mass is 714 g/mol. The summed E-state index contributed by atoms with van der Waals surface area (Å²) < 4.78 is 124. The molecule has 4 heterocycles. The summed E-state index contributed by atoms with van der Waals surface area (Å²) in [5.74, 6) is 0. The van der Waals surface area contributed by atoms with E-state index in [4.69, 9.17) is 16.8 Å². The molecule has 2 aliphatic heterocycles. The lowest BCUT2D eigenvalue weighted by atomic mass is 9.35. The molecule has 0 atom stereocenters. The van der Waals surface area contributed by atoms with Gasteiger partial charge in [0.1, 0.15) is 5.58 Å². The van der Waals surface area contributed by atoms with E-state index < -0.39 is 73.2 Å². The van der Waals surface area contributed by atoms with Gasteiger partial charge in [-0.2, -0.15) is 0 Å². The summed E-state index contributed by atoms with van der Waals surface area (Å²) in [5, 5.41) is 0.715. The van der Waals surface area contributed by atoms with Crippen molar-refractivity contribution in [1.29, 1.82) is 0 Å². The van der Waals surface area contributed by atoms with Gasteiger partial charge < -0.3 is 18.8 Å². The van der Waals surface area contributed by atoms with Crippen molar-refractivity contribution in [2.24, 2.45) is 0 Å². The molecule has 0 amide bonds. The second-order valence-corrected chi connectivity index (χ2v) is 13.5. The first kappa shape index (κ1) is 20.3. The molecule has 5 heteroatoms. The summed E-state index contributed by atoms with van der Waals surface area (Å²) in [5.41, 5.74) is 7.46. The van der Waals surface area contributed by atoms with Gasteiger partial charge in [0, 0.05) is 50.3 Å². The maximum Gasteiger partial charge on any atom is 0.297 e. The Hall–Kier alpha value is -7.24. The Balaban J connectivity index is 1.25. The van der Waals surface area contributed by atoms with Crippen LogP contribution < -0.4 is 26.4 Å². The number of hydrogen-bond acceptors (Lipinski definition) is 3. The Morgan fingerprint density at radius 3 is 1.78 bits per heavy atom. The van der Waals surface area contributed by atoms with Crippen molar-refractivity contribution >= 4 is 90.2 Å². The lowest BCUT2D eigenvalue weighted by Crippen LogP contribution is -2.61. The van der Waals surface area contributed by atoms with Crippen LogP contribution in [0.25, 0.3) is 49.6 Å². The summed E-state index contributed by atoms with van der Waals surface area (Å²) >= 11 is 0. The SMILES string of the molecule is [2H]c1c([2H])c([2H])c(-c2cc3c4c(c2)N(c2ccccc2)c2c(oc5ccccc25)B4c2ccc(-n4c5c([2H])c([2H])c([2H])c([2H])c5c5c([2H])c([2H])c([2H])c([2H])c54)cc2N3c2ccccc2)c([2H])c1[2H]. The molecule has 0 N–H and O–H groups in total. The molecular formula is C50H32BN3O. The van der Waals surface area contributed by atoms with Gasteiger partial charge in [0.25, 0.3) is 6.71 Å². The minimum Gasteiger partial charge on any atom is -0.468 e. The Kier molecular flexibility index (Phi) is 4.29.